The number of furan rings is 1. The number of hydrogen-bond donors (Lipinski definition) is 0. The van der Waals surface area contributed by atoms with Gasteiger partial charge in [0.2, 0.25) is 6.71 Å². The number of hydrogen-bond acceptors (Lipinski definition) is 3. The van der Waals surface area contributed by atoms with Crippen LogP contribution in [0.1, 0.15) is 0 Å². The maximum Gasteiger partial charge on any atom is 0.249 e. The molecule has 334 valence electrons. The van der Waals surface area contributed by atoms with Gasteiger partial charge >= 0.3 is 0 Å². The van der Waals surface area contributed by atoms with Crippen molar-refractivity contribution in [2.45, 2.75) is 9.79 Å². The minimum absolute atomic E-state index is 0.0842. The Morgan fingerprint density at radius 2 is 0.875 bits per heavy atom. The molecule has 72 heavy (non-hydrogen) atoms. The fraction of sp³-hybridized carbons (Fsp3) is 0. The number of rotatable bonds is 5. The van der Waals surface area contributed by atoms with Gasteiger partial charge in [-0.3, -0.25) is 0 Å². The van der Waals surface area contributed by atoms with Crippen molar-refractivity contribution in [3.8, 4) is 33.6 Å². The number of para-hydroxylation sites is 6. The summed E-state index contributed by atoms with van der Waals surface area (Å²) in [5, 5.41) is 7.27. The van der Waals surface area contributed by atoms with Gasteiger partial charge in [-0.25, -0.2) is 0 Å². The second-order valence-corrected chi connectivity index (χ2v) is 20.2. The van der Waals surface area contributed by atoms with Gasteiger partial charge in [0, 0.05) is 76.0 Å². The molecule has 0 atom stereocenters. The average Bonchev–Trinajstić information content (AvgIpc) is 4.11. The zero-order valence-corrected chi connectivity index (χ0v) is 39.6. The normalized spacial score (nSPS) is 12.9. The Hall–Kier alpha value is -8.97. The van der Waals surface area contributed by atoms with Crippen LogP contribution in [-0.4, -0.2) is 15.8 Å². The highest BCUT2D eigenvalue weighted by Crippen LogP contribution is 2.51. The van der Waals surface area contributed by atoms with Crippen LogP contribution in [0, 0.1) is 0 Å². The highest BCUT2D eigenvalue weighted by atomic mass is 32.2. The highest BCUT2D eigenvalue weighted by molar-refractivity contribution is 8.00. The third-order valence-corrected chi connectivity index (χ3v) is 16.6. The fourth-order valence-electron chi connectivity index (χ4n) is 12.4. The van der Waals surface area contributed by atoms with Crippen LogP contribution in [0.3, 0.4) is 0 Å². The molecule has 4 nitrogen and oxygen atoms in total. The topological polar surface area (TPSA) is 26.2 Å². The van der Waals surface area contributed by atoms with Gasteiger partial charge in [0.05, 0.1) is 27.8 Å². The Morgan fingerprint density at radius 1 is 0.375 bits per heavy atom. The van der Waals surface area contributed by atoms with Gasteiger partial charge in [0.25, 0.3) is 0 Å². The Balaban J connectivity index is 1.08. The lowest BCUT2D eigenvalue weighted by Crippen LogP contribution is -2.60. The van der Waals surface area contributed by atoms with Crippen LogP contribution in [0.2, 0.25) is 0 Å². The van der Waals surface area contributed by atoms with Crippen molar-refractivity contribution in [2.24, 2.45) is 0 Å². The Bertz CT molecular complexity index is 4400. The first-order valence-electron chi connectivity index (χ1n) is 24.7. The molecule has 0 saturated heterocycles. The van der Waals surface area contributed by atoms with E-state index in [9.17, 15) is 0 Å². The van der Waals surface area contributed by atoms with E-state index in [1.165, 1.54) is 75.2 Å². The molecule has 0 bridgehead atoms. The summed E-state index contributed by atoms with van der Waals surface area (Å²) >= 11 is 1.89. The smallest absolute Gasteiger partial charge is 0.249 e. The molecule has 0 N–H and O–H groups in total. The van der Waals surface area contributed by atoms with Crippen LogP contribution in [0.4, 0.5) is 17.1 Å². The van der Waals surface area contributed by atoms with Crippen molar-refractivity contribution in [2.75, 3.05) is 4.90 Å². The van der Waals surface area contributed by atoms with E-state index in [0.29, 0.717) is 0 Å². The summed E-state index contributed by atoms with van der Waals surface area (Å²) in [4.78, 5) is 5.13. The summed E-state index contributed by atoms with van der Waals surface area (Å²) in [5.74, 6) is 0. The number of nitrogens with zero attached hydrogens (tertiary/aromatic N) is 3. The zero-order valence-electron chi connectivity index (χ0n) is 38.8. The molecule has 0 fully saturated rings. The van der Waals surface area contributed by atoms with Gasteiger partial charge in [0.15, 0.2) is 0 Å². The molecule has 2 aliphatic heterocycles. The van der Waals surface area contributed by atoms with Crippen molar-refractivity contribution >= 4 is 117 Å². The van der Waals surface area contributed by atoms with Crippen LogP contribution in [0.5, 0.6) is 0 Å². The molecule has 14 aromatic rings. The van der Waals surface area contributed by atoms with E-state index >= 15 is 0 Å². The van der Waals surface area contributed by atoms with Crippen molar-refractivity contribution in [1.82, 2.24) is 9.13 Å². The third-order valence-electron chi connectivity index (χ3n) is 15.4. The molecule has 16 rings (SSSR count). The van der Waals surface area contributed by atoms with Crippen molar-refractivity contribution in [1.29, 1.82) is 0 Å². The van der Waals surface area contributed by atoms with E-state index in [4.69, 9.17) is 4.42 Å². The summed E-state index contributed by atoms with van der Waals surface area (Å²) in [6.45, 7) is -0.0842. The summed E-state index contributed by atoms with van der Waals surface area (Å²) in [7, 11) is 0. The van der Waals surface area contributed by atoms with Gasteiger partial charge in [-0.1, -0.05) is 199 Å². The first-order chi connectivity index (χ1) is 35.7. The van der Waals surface area contributed by atoms with Gasteiger partial charge in [0.1, 0.15) is 11.2 Å². The van der Waals surface area contributed by atoms with Crippen molar-refractivity contribution in [3.05, 3.63) is 243 Å². The van der Waals surface area contributed by atoms with Crippen LogP contribution in [0.15, 0.2) is 257 Å². The molecule has 11 aromatic carbocycles. The molecule has 3 aromatic heterocycles. The van der Waals surface area contributed by atoms with Crippen molar-refractivity contribution in [3.63, 3.8) is 0 Å². The SMILES string of the molecule is c1ccc(-c2cccc(-c3ccccc3)c2N2c3cc(-n4c5ccccc5c5ccccc54)ccc3B3c4ccc5oc6ccccc6c5c4Sc4cc(-n5c6ccccc6c6ccccc65)cc2c43)cc1. The van der Waals surface area contributed by atoms with E-state index in [0.717, 1.165) is 67.2 Å². The van der Waals surface area contributed by atoms with Gasteiger partial charge in [-0.2, -0.15) is 0 Å². The largest absolute Gasteiger partial charge is 0.456 e. The highest BCUT2D eigenvalue weighted by Gasteiger charge is 2.43. The minimum Gasteiger partial charge on any atom is -0.456 e. The van der Waals surface area contributed by atoms with Crippen molar-refractivity contribution < 1.29 is 4.42 Å². The number of fused-ring (bicyclic) bond motifs is 14. The Kier molecular flexibility index (Phi) is 8.45. The molecule has 0 radical (unpaired) electrons. The van der Waals surface area contributed by atoms with E-state index < -0.39 is 0 Å². The monoisotopic (exact) mass is 933 g/mol. The van der Waals surface area contributed by atoms with Crippen LogP contribution in [0.25, 0.3) is 99.2 Å². The quantitative estimate of drug-likeness (QED) is 0.161. The lowest BCUT2D eigenvalue weighted by molar-refractivity contribution is 0.668. The summed E-state index contributed by atoms with van der Waals surface area (Å²) in [5.41, 5.74) is 20.7. The zero-order chi connectivity index (χ0) is 47.0. The van der Waals surface area contributed by atoms with Gasteiger partial charge in [-0.05, 0) is 82.7 Å². The molecule has 5 heterocycles. The van der Waals surface area contributed by atoms with E-state index in [-0.39, 0.29) is 6.71 Å². The van der Waals surface area contributed by atoms with E-state index in [1.807, 2.05) is 11.8 Å². The second-order valence-electron chi connectivity index (χ2n) is 19.1. The minimum atomic E-state index is -0.0842. The summed E-state index contributed by atoms with van der Waals surface area (Å²) in [6, 6.07) is 89.5. The molecule has 2 aliphatic rings. The number of anilines is 3. The molecule has 0 aliphatic carbocycles. The first-order valence-corrected chi connectivity index (χ1v) is 25.5. The first kappa shape index (κ1) is 39.8. The van der Waals surface area contributed by atoms with Gasteiger partial charge < -0.3 is 18.5 Å². The van der Waals surface area contributed by atoms with E-state index in [1.54, 1.807) is 0 Å². The van der Waals surface area contributed by atoms with Crippen LogP contribution >= 0.6 is 11.8 Å². The fourth-order valence-corrected chi connectivity index (χ4v) is 13.7. The average molecular weight is 934 g/mol. The third kappa shape index (κ3) is 5.61. The lowest BCUT2D eigenvalue weighted by Gasteiger charge is -2.42. The molecule has 0 spiro atoms. The van der Waals surface area contributed by atoms with E-state index in [2.05, 4.69) is 257 Å². The summed E-state index contributed by atoms with van der Waals surface area (Å²) in [6.07, 6.45) is 0. The number of aromatic nitrogens is 2. The Labute approximate surface area is 419 Å². The molecular formula is C66H40BN3OS. The molecule has 0 unspecified atom stereocenters. The summed E-state index contributed by atoms with van der Waals surface area (Å²) < 4.78 is 11.6. The maximum absolute atomic E-state index is 6.65. The van der Waals surface area contributed by atoms with Gasteiger partial charge in [-0.15, -0.1) is 0 Å². The predicted octanol–water partition coefficient (Wildman–Crippen LogP) is 15.9. The number of benzene rings is 11. The Morgan fingerprint density at radius 3 is 1.47 bits per heavy atom. The molecule has 0 amide bonds. The van der Waals surface area contributed by atoms with Crippen LogP contribution in [-0.2, 0) is 0 Å². The second kappa shape index (κ2) is 15.3. The molecular weight excluding hydrogens is 894 g/mol. The predicted molar refractivity (Wildman–Crippen MR) is 303 cm³/mol. The standard InChI is InChI=1S/C66H40BN3OS/c1-3-18-41(19-4-1)45-27-17-28-46(42-20-5-2-6-21-42)65(45)70-58-38-43(68-54-29-12-7-22-47(54)48-23-8-13-30-55(48)68)34-35-52(58)67-53-36-37-61-63(51-26-11-16-33-60(51)71-61)66(53)72-62-40-44(39-59(70)64(62)67)69-56-31-14-9-24-49(56)50-25-10-15-32-57(50)69/h1-40H. The molecule has 6 heteroatoms. The molecule has 0 saturated carbocycles. The maximum atomic E-state index is 6.65. The lowest BCUT2D eigenvalue weighted by atomic mass is 9.34. The van der Waals surface area contributed by atoms with Crippen LogP contribution < -0.4 is 21.3 Å².